The maximum absolute atomic E-state index is 12.6. The van der Waals surface area contributed by atoms with E-state index in [4.69, 9.17) is 0 Å². The van der Waals surface area contributed by atoms with Gasteiger partial charge in [0.1, 0.15) is 30.0 Å². The second-order valence-electron chi connectivity index (χ2n) is 7.00. The summed E-state index contributed by atoms with van der Waals surface area (Å²) in [5.41, 5.74) is 0.285. The Bertz CT molecular complexity index is 952. The van der Waals surface area contributed by atoms with E-state index in [1.54, 1.807) is 0 Å². The molecule has 3 atom stereocenters. The number of rotatable bonds is 6. The fraction of sp³-hybridized carbons (Fsp3) is 0.500. The third-order valence-electron chi connectivity index (χ3n) is 4.71. The first-order valence-electron chi connectivity index (χ1n) is 9.10. The van der Waals surface area contributed by atoms with E-state index in [1.807, 2.05) is 0 Å². The lowest BCUT2D eigenvalue weighted by Crippen LogP contribution is -2.64. The number of ether oxygens (including phenoxy) is 2. The monoisotopic (exact) mass is 452 g/mol. The predicted molar refractivity (Wildman–Crippen MR) is 96.3 cm³/mol. The molecule has 7 nitrogen and oxygen atoms in total. The summed E-state index contributed by atoms with van der Waals surface area (Å²) in [5.74, 6) is -0.250. The van der Waals surface area contributed by atoms with Gasteiger partial charge < -0.3 is 15.0 Å². The van der Waals surface area contributed by atoms with Crippen LogP contribution in [-0.2, 0) is 9.53 Å². The van der Waals surface area contributed by atoms with Gasteiger partial charge in [0, 0.05) is 18.0 Å². The Labute approximate surface area is 172 Å². The van der Waals surface area contributed by atoms with Gasteiger partial charge in [-0.2, -0.15) is 13.2 Å². The molecule has 1 amide bonds. The normalized spacial score (nSPS) is 20.3. The molecular weight excluding hydrogens is 434 g/mol. The van der Waals surface area contributed by atoms with E-state index in [0.717, 1.165) is 6.33 Å². The minimum Gasteiger partial charge on any atom is -0.484 e. The lowest BCUT2D eigenvalue weighted by molar-refractivity contribution is -0.359. The van der Waals surface area contributed by atoms with Crippen molar-refractivity contribution in [3.8, 4) is 5.75 Å². The molecule has 0 spiro atoms. The number of benzene rings is 1. The summed E-state index contributed by atoms with van der Waals surface area (Å²) in [6.45, 7) is 1.32. The Morgan fingerprint density at radius 2 is 1.97 bits per heavy atom. The largest absolute Gasteiger partial charge is 0.522 e. The topological polar surface area (TPSA) is 76.6 Å². The van der Waals surface area contributed by atoms with E-state index in [2.05, 4.69) is 24.8 Å². The third kappa shape index (κ3) is 5.66. The van der Waals surface area contributed by atoms with Crippen molar-refractivity contribution >= 4 is 22.6 Å². The van der Waals surface area contributed by atoms with Crippen molar-refractivity contribution in [2.24, 2.45) is 0 Å². The fourth-order valence-corrected chi connectivity index (χ4v) is 3.10. The standard InChI is InChI=1S/C18H18F6N4O3/c1-9(16(29)28-6-14(10(28)2)31-18(22,23)24)27-15-12-4-3-11(30-7-17(19,20)21)5-13(12)25-8-26-15/h3-5,8-10,14H,6-7H2,1-2H3,(H,25,26,27)/t9-,10+,14+/m1/s1. The minimum absolute atomic E-state index is 0.0382. The maximum atomic E-state index is 12.6. The highest BCUT2D eigenvalue weighted by Crippen LogP contribution is 2.30. The zero-order chi connectivity index (χ0) is 23.0. The molecular formula is C18H18F6N4O3. The number of amides is 1. The molecule has 1 aliphatic heterocycles. The van der Waals surface area contributed by atoms with Crippen LogP contribution >= 0.6 is 0 Å². The van der Waals surface area contributed by atoms with Crippen LogP contribution in [0.2, 0.25) is 0 Å². The van der Waals surface area contributed by atoms with Gasteiger partial charge >= 0.3 is 12.5 Å². The molecule has 13 heteroatoms. The van der Waals surface area contributed by atoms with Crippen LogP contribution in [0.3, 0.4) is 0 Å². The van der Waals surface area contributed by atoms with Gasteiger partial charge in [-0.15, -0.1) is 13.2 Å². The molecule has 0 aliphatic carbocycles. The van der Waals surface area contributed by atoms with Crippen LogP contribution in [0.15, 0.2) is 24.5 Å². The molecule has 0 radical (unpaired) electrons. The van der Waals surface area contributed by atoms with E-state index in [1.165, 1.54) is 36.9 Å². The van der Waals surface area contributed by atoms with Gasteiger partial charge in [0.15, 0.2) is 6.61 Å². The van der Waals surface area contributed by atoms with Gasteiger partial charge in [-0.25, -0.2) is 9.97 Å². The highest BCUT2D eigenvalue weighted by Gasteiger charge is 2.46. The van der Waals surface area contributed by atoms with Crippen molar-refractivity contribution in [2.75, 3.05) is 18.5 Å². The number of hydrogen-bond acceptors (Lipinski definition) is 6. The van der Waals surface area contributed by atoms with Gasteiger partial charge in [-0.05, 0) is 26.0 Å². The number of carbonyl (C=O) groups is 1. The highest BCUT2D eigenvalue weighted by molar-refractivity contribution is 5.92. The van der Waals surface area contributed by atoms with Gasteiger partial charge in [0.05, 0.1) is 11.6 Å². The summed E-state index contributed by atoms with van der Waals surface area (Å²) in [4.78, 5) is 21.9. The zero-order valence-corrected chi connectivity index (χ0v) is 16.3. The van der Waals surface area contributed by atoms with Crippen LogP contribution in [0.4, 0.5) is 32.2 Å². The van der Waals surface area contributed by atoms with E-state index in [0.29, 0.717) is 5.39 Å². The summed E-state index contributed by atoms with van der Waals surface area (Å²) >= 11 is 0. The van der Waals surface area contributed by atoms with Crippen LogP contribution in [0.25, 0.3) is 10.9 Å². The molecule has 2 heterocycles. The predicted octanol–water partition coefficient (Wildman–Crippen LogP) is 3.51. The molecule has 2 aromatic rings. The van der Waals surface area contributed by atoms with Crippen LogP contribution in [0.1, 0.15) is 13.8 Å². The molecule has 1 aromatic carbocycles. The van der Waals surface area contributed by atoms with E-state index in [9.17, 15) is 31.1 Å². The van der Waals surface area contributed by atoms with Crippen molar-refractivity contribution in [1.29, 1.82) is 0 Å². The number of carbonyl (C=O) groups excluding carboxylic acids is 1. The molecule has 0 bridgehead atoms. The van der Waals surface area contributed by atoms with E-state index in [-0.39, 0.29) is 23.6 Å². The molecule has 1 N–H and O–H groups in total. The first kappa shape index (κ1) is 22.8. The molecule has 31 heavy (non-hydrogen) atoms. The Hall–Kier alpha value is -2.83. The summed E-state index contributed by atoms with van der Waals surface area (Å²) < 4.78 is 82.6. The molecule has 1 aliphatic rings. The minimum atomic E-state index is -4.78. The molecule has 1 aromatic heterocycles. The fourth-order valence-electron chi connectivity index (χ4n) is 3.10. The van der Waals surface area contributed by atoms with E-state index < -0.39 is 43.2 Å². The third-order valence-corrected chi connectivity index (χ3v) is 4.71. The number of halogens is 6. The SMILES string of the molecule is C[C@@H](Nc1ncnc2cc(OCC(F)(F)F)ccc12)C(=O)N1C[C@H](OC(F)(F)F)[C@@H]1C. The summed E-state index contributed by atoms with van der Waals surface area (Å²) in [5, 5.41) is 3.29. The second-order valence-corrected chi connectivity index (χ2v) is 7.00. The summed E-state index contributed by atoms with van der Waals surface area (Å²) in [7, 11) is 0. The smallest absolute Gasteiger partial charge is 0.484 e. The van der Waals surface area contributed by atoms with E-state index >= 15 is 0 Å². The first-order chi connectivity index (χ1) is 14.3. The van der Waals surface area contributed by atoms with Crippen molar-refractivity contribution in [3.05, 3.63) is 24.5 Å². The van der Waals surface area contributed by atoms with Gasteiger partial charge in [-0.1, -0.05) is 0 Å². The van der Waals surface area contributed by atoms with Crippen LogP contribution in [-0.4, -0.2) is 64.7 Å². The average Bonchev–Trinajstić information content (AvgIpc) is 2.67. The lowest BCUT2D eigenvalue weighted by atomic mass is 9.99. The number of nitrogens with one attached hydrogen (secondary N) is 1. The number of anilines is 1. The van der Waals surface area contributed by atoms with Gasteiger partial charge in [0.25, 0.3) is 0 Å². The van der Waals surface area contributed by atoms with Crippen molar-refractivity contribution in [3.63, 3.8) is 0 Å². The van der Waals surface area contributed by atoms with Crippen LogP contribution in [0.5, 0.6) is 5.75 Å². The van der Waals surface area contributed by atoms with Crippen LogP contribution in [0, 0.1) is 0 Å². The Balaban J connectivity index is 1.66. The lowest BCUT2D eigenvalue weighted by Gasteiger charge is -2.46. The van der Waals surface area contributed by atoms with Gasteiger partial charge in [0.2, 0.25) is 5.91 Å². The molecule has 170 valence electrons. The number of aromatic nitrogens is 2. The van der Waals surface area contributed by atoms with Crippen LogP contribution < -0.4 is 10.1 Å². The quantitative estimate of drug-likeness (QED) is 0.677. The molecule has 0 saturated carbocycles. The number of nitrogens with zero attached hydrogens (tertiary/aromatic N) is 3. The summed E-state index contributed by atoms with van der Waals surface area (Å²) in [6.07, 6.45) is -9.23. The molecule has 1 fully saturated rings. The number of fused-ring (bicyclic) bond motifs is 1. The second kappa shape index (κ2) is 8.36. The average molecular weight is 452 g/mol. The number of likely N-dealkylation sites (tertiary alicyclic amines) is 1. The van der Waals surface area contributed by atoms with Crippen molar-refractivity contribution < 1.29 is 40.6 Å². The molecule has 3 rings (SSSR count). The number of alkyl halides is 6. The Kier molecular flexibility index (Phi) is 6.16. The summed E-state index contributed by atoms with van der Waals surface area (Å²) in [6, 6.07) is 2.46. The first-order valence-corrected chi connectivity index (χ1v) is 9.10. The zero-order valence-electron chi connectivity index (χ0n) is 16.3. The van der Waals surface area contributed by atoms with Crippen molar-refractivity contribution in [2.45, 2.75) is 44.6 Å². The Morgan fingerprint density at radius 3 is 2.58 bits per heavy atom. The Morgan fingerprint density at radius 1 is 1.26 bits per heavy atom. The molecule has 0 unspecified atom stereocenters. The molecule has 1 saturated heterocycles. The number of hydrogen-bond donors (Lipinski definition) is 1. The maximum Gasteiger partial charge on any atom is 0.522 e. The van der Waals surface area contributed by atoms with Crippen molar-refractivity contribution in [1.82, 2.24) is 14.9 Å². The van der Waals surface area contributed by atoms with Gasteiger partial charge in [-0.3, -0.25) is 9.53 Å². The highest BCUT2D eigenvalue weighted by atomic mass is 19.4.